The SMILES string of the molecule is COC(=O)C(CC(C)C)NC(=O)c1ccc2c(c1)NC(=O)CCN2C. The van der Waals surface area contributed by atoms with Crippen LogP contribution in [0.3, 0.4) is 0 Å². The highest BCUT2D eigenvalue weighted by atomic mass is 16.5. The highest BCUT2D eigenvalue weighted by Gasteiger charge is 2.24. The lowest BCUT2D eigenvalue weighted by Crippen LogP contribution is -2.42. The fourth-order valence-corrected chi connectivity index (χ4v) is 2.78. The number of amides is 2. The molecule has 136 valence electrons. The topological polar surface area (TPSA) is 87.7 Å². The second kappa shape index (κ2) is 8.00. The van der Waals surface area contributed by atoms with E-state index in [9.17, 15) is 14.4 Å². The number of carbonyl (C=O) groups is 3. The van der Waals surface area contributed by atoms with Crippen molar-refractivity contribution < 1.29 is 19.1 Å². The first-order chi connectivity index (χ1) is 11.8. The summed E-state index contributed by atoms with van der Waals surface area (Å²) in [6, 6.07) is 4.42. The number of nitrogens with zero attached hydrogens (tertiary/aromatic N) is 1. The summed E-state index contributed by atoms with van der Waals surface area (Å²) < 4.78 is 4.77. The predicted molar refractivity (Wildman–Crippen MR) is 95.7 cm³/mol. The maximum atomic E-state index is 12.5. The van der Waals surface area contributed by atoms with Gasteiger partial charge in [-0.05, 0) is 30.5 Å². The first kappa shape index (κ1) is 18.8. The largest absolute Gasteiger partial charge is 0.467 e. The average Bonchev–Trinajstić information content (AvgIpc) is 2.71. The molecule has 0 aliphatic carbocycles. The predicted octanol–water partition coefficient (Wildman–Crippen LogP) is 1.78. The first-order valence-electron chi connectivity index (χ1n) is 8.35. The maximum absolute atomic E-state index is 12.5. The molecule has 7 heteroatoms. The number of carbonyl (C=O) groups excluding carboxylic acids is 3. The van der Waals surface area contributed by atoms with E-state index in [0.717, 1.165) is 5.69 Å². The van der Waals surface area contributed by atoms with Crippen molar-refractivity contribution in [3.63, 3.8) is 0 Å². The standard InChI is InChI=1S/C18H25N3O4/c1-11(2)9-14(18(24)25-4)20-17(23)12-5-6-15-13(10-12)19-16(22)7-8-21(15)3/h5-6,10-11,14H,7-9H2,1-4H3,(H,19,22)(H,20,23). The summed E-state index contributed by atoms with van der Waals surface area (Å²) in [6.07, 6.45) is 0.883. The quantitative estimate of drug-likeness (QED) is 0.793. The molecule has 1 aliphatic rings. The van der Waals surface area contributed by atoms with Crippen molar-refractivity contribution in [2.24, 2.45) is 5.92 Å². The molecule has 1 aromatic carbocycles. The van der Waals surface area contributed by atoms with Crippen molar-refractivity contribution in [1.82, 2.24) is 5.32 Å². The molecule has 2 amide bonds. The van der Waals surface area contributed by atoms with Gasteiger partial charge in [0.25, 0.3) is 5.91 Å². The Bertz CT molecular complexity index is 672. The van der Waals surface area contributed by atoms with Crippen LogP contribution in [0.2, 0.25) is 0 Å². The Morgan fingerprint density at radius 2 is 2.08 bits per heavy atom. The van der Waals surface area contributed by atoms with E-state index < -0.39 is 12.0 Å². The van der Waals surface area contributed by atoms with Gasteiger partial charge < -0.3 is 20.3 Å². The molecule has 1 aliphatic heterocycles. The number of ether oxygens (including phenoxy) is 1. The van der Waals surface area contributed by atoms with Gasteiger partial charge in [-0.2, -0.15) is 0 Å². The summed E-state index contributed by atoms with van der Waals surface area (Å²) in [5, 5.41) is 5.54. The van der Waals surface area contributed by atoms with Crippen molar-refractivity contribution in [3.05, 3.63) is 23.8 Å². The Morgan fingerprint density at radius 3 is 2.72 bits per heavy atom. The number of fused-ring (bicyclic) bond motifs is 1. The van der Waals surface area contributed by atoms with Crippen molar-refractivity contribution >= 4 is 29.2 Å². The lowest BCUT2D eigenvalue weighted by atomic mass is 10.0. The van der Waals surface area contributed by atoms with Gasteiger partial charge in [0.15, 0.2) is 0 Å². The number of rotatable bonds is 5. The molecule has 0 aromatic heterocycles. The van der Waals surface area contributed by atoms with Gasteiger partial charge in [0.05, 0.1) is 18.5 Å². The van der Waals surface area contributed by atoms with Crippen molar-refractivity contribution in [1.29, 1.82) is 0 Å². The molecule has 0 spiro atoms. The van der Waals surface area contributed by atoms with Gasteiger partial charge in [-0.25, -0.2) is 4.79 Å². The van der Waals surface area contributed by atoms with Gasteiger partial charge in [-0.1, -0.05) is 13.8 Å². The molecule has 2 N–H and O–H groups in total. The second-order valence-corrected chi connectivity index (χ2v) is 6.63. The normalized spacial score (nSPS) is 15.1. The van der Waals surface area contributed by atoms with Gasteiger partial charge in [-0.3, -0.25) is 9.59 Å². The zero-order valence-electron chi connectivity index (χ0n) is 15.1. The molecular weight excluding hydrogens is 322 g/mol. The molecule has 0 saturated carbocycles. The highest BCUT2D eigenvalue weighted by Crippen LogP contribution is 2.29. The Hall–Kier alpha value is -2.57. The minimum absolute atomic E-state index is 0.0876. The number of benzene rings is 1. The van der Waals surface area contributed by atoms with Crippen LogP contribution in [0.25, 0.3) is 0 Å². The van der Waals surface area contributed by atoms with Crippen LogP contribution in [-0.2, 0) is 14.3 Å². The van der Waals surface area contributed by atoms with E-state index >= 15 is 0 Å². The Kier molecular flexibility index (Phi) is 6.01. The van der Waals surface area contributed by atoms with Gasteiger partial charge in [0.1, 0.15) is 6.04 Å². The van der Waals surface area contributed by atoms with Gasteiger partial charge in [0.2, 0.25) is 5.91 Å². The molecule has 0 radical (unpaired) electrons. The van der Waals surface area contributed by atoms with Crippen LogP contribution in [0.5, 0.6) is 0 Å². The molecule has 7 nitrogen and oxygen atoms in total. The number of anilines is 2. The third-order valence-electron chi connectivity index (χ3n) is 4.12. The van der Waals surface area contributed by atoms with Crippen LogP contribution in [-0.4, -0.2) is 44.5 Å². The summed E-state index contributed by atoms with van der Waals surface area (Å²) in [6.45, 7) is 4.55. The van der Waals surface area contributed by atoms with Gasteiger partial charge in [0, 0.05) is 25.6 Å². The van der Waals surface area contributed by atoms with E-state index in [-0.39, 0.29) is 17.7 Å². The van der Waals surface area contributed by atoms with Crippen molar-refractivity contribution in [2.45, 2.75) is 32.7 Å². The zero-order valence-corrected chi connectivity index (χ0v) is 15.1. The average molecular weight is 347 g/mol. The van der Waals surface area contributed by atoms with E-state index in [0.29, 0.717) is 30.6 Å². The number of nitrogens with one attached hydrogen (secondary N) is 2. The molecule has 1 atom stereocenters. The summed E-state index contributed by atoms with van der Waals surface area (Å²) in [5.41, 5.74) is 1.83. The summed E-state index contributed by atoms with van der Waals surface area (Å²) in [4.78, 5) is 38.2. The van der Waals surface area contributed by atoms with Crippen LogP contribution >= 0.6 is 0 Å². The van der Waals surface area contributed by atoms with Crippen LogP contribution in [0.1, 0.15) is 37.0 Å². The van der Waals surface area contributed by atoms with Gasteiger partial charge in [-0.15, -0.1) is 0 Å². The molecular formula is C18H25N3O4. The van der Waals surface area contributed by atoms with E-state index in [1.165, 1.54) is 7.11 Å². The smallest absolute Gasteiger partial charge is 0.328 e. The van der Waals surface area contributed by atoms with Crippen molar-refractivity contribution in [2.75, 3.05) is 30.9 Å². The minimum atomic E-state index is -0.700. The molecule has 2 rings (SSSR count). The Morgan fingerprint density at radius 1 is 1.36 bits per heavy atom. The van der Waals surface area contributed by atoms with E-state index in [2.05, 4.69) is 10.6 Å². The summed E-state index contributed by atoms with van der Waals surface area (Å²) in [7, 11) is 3.20. The molecule has 0 saturated heterocycles. The Labute approximate surface area is 147 Å². The Balaban J connectivity index is 2.21. The maximum Gasteiger partial charge on any atom is 0.328 e. The lowest BCUT2D eigenvalue weighted by molar-refractivity contribution is -0.143. The summed E-state index contributed by atoms with van der Waals surface area (Å²) in [5.74, 6) is -0.704. The van der Waals surface area contributed by atoms with Crippen LogP contribution < -0.4 is 15.5 Å². The molecule has 0 bridgehead atoms. The highest BCUT2D eigenvalue weighted by molar-refractivity contribution is 6.01. The molecule has 25 heavy (non-hydrogen) atoms. The third kappa shape index (κ3) is 4.71. The third-order valence-corrected chi connectivity index (χ3v) is 4.12. The minimum Gasteiger partial charge on any atom is -0.467 e. The molecule has 1 heterocycles. The molecule has 1 unspecified atom stereocenters. The van der Waals surface area contributed by atoms with Gasteiger partial charge >= 0.3 is 5.97 Å². The van der Waals surface area contributed by atoms with Crippen LogP contribution in [0.15, 0.2) is 18.2 Å². The lowest BCUT2D eigenvalue weighted by Gasteiger charge is -2.20. The number of methoxy groups -OCH3 is 1. The number of esters is 1. The monoisotopic (exact) mass is 347 g/mol. The number of hydrogen-bond donors (Lipinski definition) is 2. The van der Waals surface area contributed by atoms with Crippen molar-refractivity contribution in [3.8, 4) is 0 Å². The second-order valence-electron chi connectivity index (χ2n) is 6.63. The van der Waals surface area contributed by atoms with E-state index in [4.69, 9.17) is 4.74 Å². The van der Waals surface area contributed by atoms with Crippen LogP contribution in [0, 0.1) is 5.92 Å². The van der Waals surface area contributed by atoms with E-state index in [1.807, 2.05) is 25.8 Å². The van der Waals surface area contributed by atoms with Crippen LogP contribution in [0.4, 0.5) is 11.4 Å². The molecule has 0 fully saturated rings. The fourth-order valence-electron chi connectivity index (χ4n) is 2.78. The fraction of sp³-hybridized carbons (Fsp3) is 0.500. The zero-order chi connectivity index (χ0) is 18.6. The number of hydrogen-bond acceptors (Lipinski definition) is 5. The van der Waals surface area contributed by atoms with E-state index in [1.54, 1.807) is 18.2 Å². The first-order valence-corrected chi connectivity index (χ1v) is 8.35. The molecule has 1 aromatic rings. The summed E-state index contributed by atoms with van der Waals surface area (Å²) >= 11 is 0.